The molecule has 0 unspecified atom stereocenters. The van der Waals surface area contributed by atoms with E-state index in [9.17, 15) is 4.79 Å². The van der Waals surface area contributed by atoms with Crippen LogP contribution >= 0.6 is 11.5 Å². The van der Waals surface area contributed by atoms with Crippen LogP contribution in [0.15, 0.2) is 17.1 Å². The van der Waals surface area contributed by atoms with Gasteiger partial charge in [-0.1, -0.05) is 11.4 Å². The van der Waals surface area contributed by atoms with Gasteiger partial charge in [-0.05, 0) is 6.42 Å². The van der Waals surface area contributed by atoms with Gasteiger partial charge < -0.3 is 10.2 Å². The molecule has 2 heterocycles. The van der Waals surface area contributed by atoms with Gasteiger partial charge in [0, 0.05) is 38.2 Å². The van der Waals surface area contributed by atoms with Crippen LogP contribution in [0.1, 0.15) is 19.0 Å². The fourth-order valence-electron chi connectivity index (χ4n) is 1.86. The Labute approximate surface area is 121 Å². The number of nitrogens with zero attached hydrogens (tertiary/aromatic N) is 5. The molecule has 0 aliphatic carbocycles. The Bertz CT molecular complexity index is 622. The van der Waals surface area contributed by atoms with Crippen molar-refractivity contribution in [1.29, 1.82) is 0 Å². The molecule has 20 heavy (non-hydrogen) atoms. The van der Waals surface area contributed by atoms with E-state index < -0.39 is 0 Å². The number of hydrogen-bond donors (Lipinski definition) is 1. The first-order chi connectivity index (χ1) is 9.65. The van der Waals surface area contributed by atoms with Crippen molar-refractivity contribution >= 4 is 22.2 Å². The minimum absolute atomic E-state index is 0.138. The van der Waals surface area contributed by atoms with Gasteiger partial charge in [0.2, 0.25) is 0 Å². The molecule has 8 heteroatoms. The molecule has 0 aliphatic heterocycles. The molecule has 0 bridgehead atoms. The molecule has 7 nitrogen and oxygen atoms in total. The molecular weight excluding hydrogens is 276 g/mol. The highest BCUT2D eigenvalue weighted by molar-refractivity contribution is 7.10. The van der Waals surface area contributed by atoms with Crippen LogP contribution in [0, 0.1) is 0 Å². The van der Waals surface area contributed by atoms with Crippen LogP contribution in [-0.4, -0.2) is 40.0 Å². The van der Waals surface area contributed by atoms with E-state index in [1.165, 1.54) is 16.2 Å². The molecule has 2 rings (SSSR count). The summed E-state index contributed by atoms with van der Waals surface area (Å²) in [7, 11) is 3.76. The minimum atomic E-state index is -0.138. The molecule has 1 N–H and O–H groups in total. The van der Waals surface area contributed by atoms with Gasteiger partial charge >= 0.3 is 0 Å². The Morgan fingerprint density at radius 2 is 2.30 bits per heavy atom. The SMILES string of the molecule is CCCN(C)c1cnn(Cc2nnsc2NC)c(=O)c1. The smallest absolute Gasteiger partial charge is 0.269 e. The lowest BCUT2D eigenvalue weighted by Gasteiger charge is -2.17. The third-order valence-corrected chi connectivity index (χ3v) is 3.72. The summed E-state index contributed by atoms with van der Waals surface area (Å²) < 4.78 is 5.26. The normalized spacial score (nSPS) is 10.6. The molecule has 0 aromatic carbocycles. The van der Waals surface area contributed by atoms with Crippen molar-refractivity contribution in [3.05, 3.63) is 28.3 Å². The Balaban J connectivity index is 2.20. The zero-order chi connectivity index (χ0) is 14.5. The topological polar surface area (TPSA) is 75.9 Å². The third-order valence-electron chi connectivity index (χ3n) is 2.94. The fraction of sp³-hybridized carbons (Fsp3) is 0.500. The van der Waals surface area contributed by atoms with Crippen LogP contribution in [0.4, 0.5) is 10.7 Å². The maximum atomic E-state index is 12.1. The molecule has 0 saturated carbocycles. The summed E-state index contributed by atoms with van der Waals surface area (Å²) >= 11 is 1.27. The monoisotopic (exact) mass is 294 g/mol. The van der Waals surface area contributed by atoms with Gasteiger partial charge in [0.1, 0.15) is 10.7 Å². The second-order valence-electron chi connectivity index (χ2n) is 4.43. The van der Waals surface area contributed by atoms with Gasteiger partial charge in [0.15, 0.2) is 0 Å². The predicted octanol–water partition coefficient (Wildman–Crippen LogP) is 1.03. The average molecular weight is 294 g/mol. The minimum Gasteiger partial charge on any atom is -0.377 e. The Morgan fingerprint density at radius 1 is 1.50 bits per heavy atom. The number of rotatable bonds is 6. The molecule has 0 aliphatic rings. The first-order valence-electron chi connectivity index (χ1n) is 6.43. The van der Waals surface area contributed by atoms with E-state index in [0.29, 0.717) is 6.54 Å². The van der Waals surface area contributed by atoms with Crippen LogP contribution in [0.25, 0.3) is 0 Å². The summed E-state index contributed by atoms with van der Waals surface area (Å²) in [6.45, 7) is 3.31. The van der Waals surface area contributed by atoms with Crippen LogP contribution in [0.3, 0.4) is 0 Å². The standard InChI is InChI=1S/C12H18N6OS/c1-4-5-17(3)9-6-11(19)18(14-7-9)8-10-12(13-2)20-16-15-10/h6-7,13H,4-5,8H2,1-3H3. The Kier molecular flexibility index (Phi) is 4.67. The van der Waals surface area contributed by atoms with Crippen LogP contribution in [0.5, 0.6) is 0 Å². The number of anilines is 2. The molecule has 0 amide bonds. The lowest BCUT2D eigenvalue weighted by molar-refractivity contribution is 0.625. The molecule has 108 valence electrons. The van der Waals surface area contributed by atoms with Crippen molar-refractivity contribution in [3.63, 3.8) is 0 Å². The third kappa shape index (κ3) is 3.13. The van der Waals surface area contributed by atoms with E-state index in [1.54, 1.807) is 19.3 Å². The lowest BCUT2D eigenvalue weighted by Crippen LogP contribution is -2.26. The number of hydrogen-bond acceptors (Lipinski definition) is 7. The van der Waals surface area contributed by atoms with Crippen LogP contribution in [-0.2, 0) is 6.54 Å². The van der Waals surface area contributed by atoms with Gasteiger partial charge in [0.05, 0.1) is 18.4 Å². The molecule has 0 spiro atoms. The molecule has 0 atom stereocenters. The van der Waals surface area contributed by atoms with Gasteiger partial charge in [-0.15, -0.1) is 5.10 Å². The average Bonchev–Trinajstić information content (AvgIpc) is 2.88. The lowest BCUT2D eigenvalue weighted by atomic mass is 10.3. The maximum Gasteiger partial charge on any atom is 0.269 e. The van der Waals surface area contributed by atoms with Crippen molar-refractivity contribution in [1.82, 2.24) is 19.4 Å². The number of nitrogens with one attached hydrogen (secondary N) is 1. The van der Waals surface area contributed by atoms with Gasteiger partial charge in [-0.25, -0.2) is 4.68 Å². The zero-order valence-corrected chi connectivity index (χ0v) is 12.6. The summed E-state index contributed by atoms with van der Waals surface area (Å²) in [6, 6.07) is 1.60. The summed E-state index contributed by atoms with van der Waals surface area (Å²) in [4.78, 5) is 14.1. The van der Waals surface area contributed by atoms with E-state index in [-0.39, 0.29) is 5.56 Å². The maximum absolute atomic E-state index is 12.1. The van der Waals surface area contributed by atoms with Crippen LogP contribution < -0.4 is 15.8 Å². The summed E-state index contributed by atoms with van der Waals surface area (Å²) in [5, 5.41) is 12.1. The Morgan fingerprint density at radius 3 is 2.95 bits per heavy atom. The zero-order valence-electron chi connectivity index (χ0n) is 11.8. The largest absolute Gasteiger partial charge is 0.377 e. The summed E-state index contributed by atoms with van der Waals surface area (Å²) in [5.74, 6) is 0. The first-order valence-corrected chi connectivity index (χ1v) is 7.20. The molecule has 2 aromatic rings. The van der Waals surface area contributed by atoms with Crippen molar-refractivity contribution in [2.24, 2.45) is 0 Å². The van der Waals surface area contributed by atoms with Crippen molar-refractivity contribution in [2.75, 3.05) is 30.9 Å². The molecular formula is C12H18N6OS. The van der Waals surface area contributed by atoms with Gasteiger partial charge in [-0.2, -0.15) is 5.10 Å². The summed E-state index contributed by atoms with van der Waals surface area (Å²) in [6.07, 6.45) is 2.73. The second-order valence-corrected chi connectivity index (χ2v) is 5.18. The Hall–Kier alpha value is -1.96. The quantitative estimate of drug-likeness (QED) is 0.857. The van der Waals surface area contributed by atoms with Crippen LogP contribution in [0.2, 0.25) is 0 Å². The highest BCUT2D eigenvalue weighted by Crippen LogP contribution is 2.17. The van der Waals surface area contributed by atoms with Gasteiger partial charge in [0.25, 0.3) is 5.56 Å². The highest BCUT2D eigenvalue weighted by Gasteiger charge is 2.10. The van der Waals surface area contributed by atoms with Crippen molar-refractivity contribution in [2.45, 2.75) is 19.9 Å². The van der Waals surface area contributed by atoms with E-state index in [4.69, 9.17) is 0 Å². The first kappa shape index (κ1) is 14.4. The molecule has 0 saturated heterocycles. The van der Waals surface area contributed by atoms with Crippen molar-refractivity contribution < 1.29 is 0 Å². The van der Waals surface area contributed by atoms with E-state index in [0.717, 1.165) is 29.3 Å². The van der Waals surface area contributed by atoms with Crippen molar-refractivity contribution in [3.8, 4) is 0 Å². The van der Waals surface area contributed by atoms with E-state index in [1.807, 2.05) is 11.9 Å². The summed E-state index contributed by atoms with van der Waals surface area (Å²) in [5.41, 5.74) is 1.42. The van der Waals surface area contributed by atoms with E-state index >= 15 is 0 Å². The predicted molar refractivity (Wildman–Crippen MR) is 80.6 cm³/mol. The highest BCUT2D eigenvalue weighted by atomic mass is 32.1. The molecule has 0 radical (unpaired) electrons. The second kappa shape index (κ2) is 6.47. The fourth-order valence-corrected chi connectivity index (χ4v) is 2.38. The molecule has 0 fully saturated rings. The number of aromatic nitrogens is 4. The van der Waals surface area contributed by atoms with Gasteiger partial charge in [-0.3, -0.25) is 4.79 Å². The van der Waals surface area contributed by atoms with E-state index in [2.05, 4.69) is 26.9 Å². The molecule has 2 aromatic heterocycles.